The lowest BCUT2D eigenvalue weighted by molar-refractivity contribution is -0.131. The second-order valence-electron chi connectivity index (χ2n) is 5.37. The van der Waals surface area contributed by atoms with Gasteiger partial charge in [0.15, 0.2) is 11.7 Å². The van der Waals surface area contributed by atoms with Gasteiger partial charge >= 0.3 is 0 Å². The first kappa shape index (κ1) is 19.1. The van der Waals surface area contributed by atoms with Crippen LogP contribution >= 0.6 is 35.6 Å². The highest BCUT2D eigenvalue weighted by molar-refractivity contribution is 6.36. The number of hydrogen-bond acceptors (Lipinski definition) is 4. The predicted molar refractivity (Wildman–Crippen MR) is 97.0 cm³/mol. The van der Waals surface area contributed by atoms with Crippen molar-refractivity contribution in [2.75, 3.05) is 26.2 Å². The van der Waals surface area contributed by atoms with E-state index in [-0.39, 0.29) is 18.3 Å². The number of carbonyl (C=O) groups is 1. The first-order valence-electron chi connectivity index (χ1n) is 7.52. The molecule has 1 aromatic heterocycles. The summed E-state index contributed by atoms with van der Waals surface area (Å²) in [6.07, 6.45) is 2.50. The lowest BCUT2D eigenvalue weighted by Gasteiger charge is -2.27. The molecule has 8 heteroatoms. The summed E-state index contributed by atoms with van der Waals surface area (Å²) in [5, 5.41) is 4.31. The van der Waals surface area contributed by atoms with E-state index in [2.05, 4.69) is 10.3 Å². The molecule has 2 heterocycles. The quantitative estimate of drug-likeness (QED) is 0.869. The van der Waals surface area contributed by atoms with Crippen molar-refractivity contribution in [2.45, 2.75) is 12.8 Å². The van der Waals surface area contributed by atoms with Crippen molar-refractivity contribution in [1.82, 2.24) is 15.2 Å². The van der Waals surface area contributed by atoms with Crippen LogP contribution in [0.2, 0.25) is 10.0 Å². The molecule has 1 fully saturated rings. The van der Waals surface area contributed by atoms with Crippen LogP contribution in [0.25, 0.3) is 11.3 Å². The Balaban J connectivity index is 0.00000208. The van der Waals surface area contributed by atoms with E-state index in [1.54, 1.807) is 24.4 Å². The molecule has 0 bridgehead atoms. The highest BCUT2D eigenvalue weighted by Gasteiger charge is 2.17. The zero-order chi connectivity index (χ0) is 16.2. The minimum atomic E-state index is 0. The van der Waals surface area contributed by atoms with Crippen molar-refractivity contribution in [3.05, 3.63) is 40.3 Å². The molecule has 0 saturated carbocycles. The average molecular weight is 391 g/mol. The summed E-state index contributed by atoms with van der Waals surface area (Å²) in [6.45, 7) is 3.22. The zero-order valence-corrected chi connectivity index (χ0v) is 15.3. The molecule has 0 radical (unpaired) electrons. The van der Waals surface area contributed by atoms with Crippen LogP contribution in [0.3, 0.4) is 0 Å². The van der Waals surface area contributed by atoms with Crippen molar-refractivity contribution < 1.29 is 9.21 Å². The molecule has 0 atom stereocenters. The van der Waals surface area contributed by atoms with Crippen LogP contribution in [0.15, 0.2) is 28.8 Å². The van der Waals surface area contributed by atoms with Gasteiger partial charge in [-0.25, -0.2) is 4.98 Å². The minimum absolute atomic E-state index is 0. The molecule has 1 amide bonds. The van der Waals surface area contributed by atoms with Crippen LogP contribution < -0.4 is 5.32 Å². The Bertz CT molecular complexity index is 700. The third-order valence-electron chi connectivity index (χ3n) is 3.77. The number of nitrogens with zero attached hydrogens (tertiary/aromatic N) is 2. The van der Waals surface area contributed by atoms with E-state index in [1.807, 2.05) is 4.90 Å². The fraction of sp³-hybridized carbons (Fsp3) is 0.375. The van der Waals surface area contributed by atoms with Crippen molar-refractivity contribution in [3.8, 4) is 11.3 Å². The highest BCUT2D eigenvalue weighted by atomic mass is 35.5. The Hall–Kier alpha value is -1.27. The molecule has 130 valence electrons. The number of carbonyl (C=O) groups excluding carboxylic acids is 1. The normalized spacial score (nSPS) is 14.3. The van der Waals surface area contributed by atoms with Gasteiger partial charge in [-0.15, -0.1) is 12.4 Å². The largest absolute Gasteiger partial charge is 0.441 e. The van der Waals surface area contributed by atoms with Crippen molar-refractivity contribution in [3.63, 3.8) is 0 Å². The van der Waals surface area contributed by atoms with E-state index < -0.39 is 0 Å². The maximum atomic E-state index is 12.1. The smallest absolute Gasteiger partial charge is 0.223 e. The number of amides is 1. The number of aryl methyl sites for hydroxylation is 1. The Labute approximate surface area is 156 Å². The van der Waals surface area contributed by atoms with Crippen LogP contribution in [-0.2, 0) is 11.2 Å². The molecule has 0 spiro atoms. The fourth-order valence-electron chi connectivity index (χ4n) is 2.53. The number of piperazine rings is 1. The van der Waals surface area contributed by atoms with Crippen molar-refractivity contribution >= 4 is 41.5 Å². The second-order valence-corrected chi connectivity index (χ2v) is 6.22. The van der Waals surface area contributed by atoms with Crippen LogP contribution in [-0.4, -0.2) is 42.0 Å². The highest BCUT2D eigenvalue weighted by Crippen LogP contribution is 2.30. The first-order chi connectivity index (χ1) is 11.1. The average Bonchev–Trinajstić information content (AvgIpc) is 3.02. The number of benzene rings is 1. The van der Waals surface area contributed by atoms with Crippen LogP contribution in [0.4, 0.5) is 0 Å². The van der Waals surface area contributed by atoms with Gasteiger partial charge in [-0.05, 0) is 18.2 Å². The monoisotopic (exact) mass is 389 g/mol. The first-order valence-corrected chi connectivity index (χ1v) is 8.28. The van der Waals surface area contributed by atoms with Gasteiger partial charge < -0.3 is 14.6 Å². The molecule has 0 aliphatic carbocycles. The molecule has 1 aliphatic heterocycles. The fourth-order valence-corrected chi connectivity index (χ4v) is 3.03. The van der Waals surface area contributed by atoms with E-state index in [1.165, 1.54) is 0 Å². The molecule has 24 heavy (non-hydrogen) atoms. The number of nitrogens with one attached hydrogen (secondary N) is 1. The summed E-state index contributed by atoms with van der Waals surface area (Å²) in [5.41, 5.74) is 0.739. The van der Waals surface area contributed by atoms with E-state index in [0.717, 1.165) is 31.7 Å². The van der Waals surface area contributed by atoms with Crippen molar-refractivity contribution in [1.29, 1.82) is 0 Å². The maximum Gasteiger partial charge on any atom is 0.223 e. The van der Waals surface area contributed by atoms with Gasteiger partial charge in [0.25, 0.3) is 0 Å². The van der Waals surface area contributed by atoms with Crippen LogP contribution in [0.5, 0.6) is 0 Å². The standard InChI is InChI=1S/C16H17Cl2N3O2.ClH/c17-11-1-2-12(13(18)9-11)14-10-20-15(23-14)3-4-16(22)21-7-5-19-6-8-21;/h1-2,9-10,19H,3-8H2;1H. The molecule has 1 N–H and O–H groups in total. The number of rotatable bonds is 4. The van der Waals surface area contributed by atoms with Crippen LogP contribution in [0.1, 0.15) is 12.3 Å². The Morgan fingerprint density at radius 1 is 1.29 bits per heavy atom. The minimum Gasteiger partial charge on any atom is -0.441 e. The SMILES string of the molecule is Cl.O=C(CCc1ncc(-c2ccc(Cl)cc2Cl)o1)N1CCNCC1. The molecule has 1 saturated heterocycles. The van der Waals surface area contributed by atoms with Gasteiger partial charge in [0.2, 0.25) is 5.91 Å². The molecule has 0 unspecified atom stereocenters. The third kappa shape index (κ3) is 4.63. The van der Waals surface area contributed by atoms with Gasteiger partial charge in [-0.1, -0.05) is 23.2 Å². The summed E-state index contributed by atoms with van der Waals surface area (Å²) in [6, 6.07) is 5.20. The Morgan fingerprint density at radius 2 is 2.04 bits per heavy atom. The Morgan fingerprint density at radius 3 is 2.75 bits per heavy atom. The molecule has 1 aliphatic rings. The van der Waals surface area contributed by atoms with Crippen LogP contribution in [0, 0.1) is 0 Å². The number of hydrogen-bond donors (Lipinski definition) is 1. The molecule has 2 aromatic rings. The molecular formula is C16H18Cl3N3O2. The van der Waals surface area contributed by atoms with Gasteiger partial charge in [-0.2, -0.15) is 0 Å². The number of halogens is 3. The lowest BCUT2D eigenvalue weighted by Crippen LogP contribution is -2.46. The van der Waals surface area contributed by atoms with E-state index in [0.29, 0.717) is 34.5 Å². The summed E-state index contributed by atoms with van der Waals surface area (Å²) < 4.78 is 5.71. The summed E-state index contributed by atoms with van der Waals surface area (Å²) >= 11 is 12.1. The predicted octanol–water partition coefficient (Wildman–Crippen LogP) is 3.43. The van der Waals surface area contributed by atoms with E-state index in [9.17, 15) is 4.79 Å². The topological polar surface area (TPSA) is 58.4 Å². The third-order valence-corrected chi connectivity index (χ3v) is 4.32. The van der Waals surface area contributed by atoms with E-state index in [4.69, 9.17) is 27.6 Å². The zero-order valence-electron chi connectivity index (χ0n) is 12.9. The molecular weight excluding hydrogens is 373 g/mol. The van der Waals surface area contributed by atoms with Crippen molar-refractivity contribution in [2.24, 2.45) is 0 Å². The molecule has 3 rings (SSSR count). The summed E-state index contributed by atoms with van der Waals surface area (Å²) in [5.74, 6) is 1.25. The van der Waals surface area contributed by atoms with E-state index >= 15 is 0 Å². The number of aromatic nitrogens is 1. The summed E-state index contributed by atoms with van der Waals surface area (Å²) in [7, 11) is 0. The molecule has 1 aromatic carbocycles. The lowest BCUT2D eigenvalue weighted by atomic mass is 10.2. The summed E-state index contributed by atoms with van der Waals surface area (Å²) in [4.78, 5) is 18.2. The Kier molecular flexibility index (Phi) is 6.92. The molecule has 5 nitrogen and oxygen atoms in total. The maximum absolute atomic E-state index is 12.1. The van der Waals surface area contributed by atoms with Gasteiger partial charge in [0, 0.05) is 49.6 Å². The van der Waals surface area contributed by atoms with Gasteiger partial charge in [-0.3, -0.25) is 4.79 Å². The number of oxazole rings is 1. The van der Waals surface area contributed by atoms with Gasteiger partial charge in [0.05, 0.1) is 11.2 Å². The van der Waals surface area contributed by atoms with Gasteiger partial charge in [0.1, 0.15) is 0 Å². The second kappa shape index (κ2) is 8.72.